The molecule has 0 saturated heterocycles. The topological polar surface area (TPSA) is 21.6 Å². The van der Waals surface area contributed by atoms with E-state index in [1.165, 1.54) is 0 Å². The molecule has 0 aliphatic carbocycles. The van der Waals surface area contributed by atoms with Gasteiger partial charge in [0.05, 0.1) is 15.7 Å². The predicted octanol–water partition coefficient (Wildman–Crippen LogP) is 4.81. The monoisotopic (exact) mass is 303 g/mol. The number of nitrogens with zero attached hydrogens (tertiary/aromatic N) is 1. The first-order chi connectivity index (χ1) is 9.72. The molecule has 1 aliphatic rings. The standard InChI is InChI=1S/C16H11Cl2NO/c17-14-7-6-11(9-15(14)18)8-13-10-20-16(19-13)12-4-2-1-3-5-12/h1-9H,10H2. The quantitative estimate of drug-likeness (QED) is 0.780. The maximum Gasteiger partial charge on any atom is 0.221 e. The second-order valence-corrected chi connectivity index (χ2v) is 5.20. The van der Waals surface area contributed by atoms with E-state index in [4.69, 9.17) is 27.9 Å². The number of halogens is 2. The molecule has 1 heterocycles. The van der Waals surface area contributed by atoms with E-state index >= 15 is 0 Å². The molecule has 0 spiro atoms. The van der Waals surface area contributed by atoms with Crippen molar-refractivity contribution in [3.8, 4) is 0 Å². The molecule has 0 N–H and O–H groups in total. The van der Waals surface area contributed by atoms with Crippen molar-refractivity contribution >= 4 is 35.2 Å². The first kappa shape index (κ1) is 13.2. The largest absolute Gasteiger partial charge is 0.471 e. The second kappa shape index (κ2) is 5.70. The van der Waals surface area contributed by atoms with Crippen LogP contribution in [0.1, 0.15) is 11.1 Å². The summed E-state index contributed by atoms with van der Waals surface area (Å²) in [5, 5.41) is 1.08. The van der Waals surface area contributed by atoms with Crippen molar-refractivity contribution in [3.63, 3.8) is 0 Å². The number of hydrogen-bond donors (Lipinski definition) is 0. The van der Waals surface area contributed by atoms with Crippen LogP contribution in [0.5, 0.6) is 0 Å². The zero-order chi connectivity index (χ0) is 13.9. The highest BCUT2D eigenvalue weighted by atomic mass is 35.5. The van der Waals surface area contributed by atoms with Gasteiger partial charge in [-0.1, -0.05) is 47.5 Å². The van der Waals surface area contributed by atoms with Crippen LogP contribution in [-0.2, 0) is 4.74 Å². The molecule has 100 valence electrons. The summed E-state index contributed by atoms with van der Waals surface area (Å²) in [5.41, 5.74) is 2.79. The molecule has 2 aromatic carbocycles. The molecule has 20 heavy (non-hydrogen) atoms. The third-order valence-electron chi connectivity index (χ3n) is 2.90. The number of ether oxygens (including phenoxy) is 1. The minimum atomic E-state index is 0.463. The van der Waals surface area contributed by atoms with Gasteiger partial charge in [-0.15, -0.1) is 0 Å². The van der Waals surface area contributed by atoms with Gasteiger partial charge in [-0.25, -0.2) is 4.99 Å². The van der Waals surface area contributed by atoms with Crippen molar-refractivity contribution in [2.24, 2.45) is 4.99 Å². The fourth-order valence-corrected chi connectivity index (χ4v) is 2.24. The molecule has 2 nitrogen and oxygen atoms in total. The molecule has 0 radical (unpaired) electrons. The lowest BCUT2D eigenvalue weighted by molar-refractivity contribution is 0.365. The van der Waals surface area contributed by atoms with E-state index in [1.807, 2.05) is 48.5 Å². The average Bonchev–Trinajstić information content (AvgIpc) is 2.92. The van der Waals surface area contributed by atoms with Gasteiger partial charge < -0.3 is 4.74 Å². The maximum absolute atomic E-state index is 6.00. The van der Waals surface area contributed by atoms with Gasteiger partial charge in [0, 0.05) is 5.56 Å². The van der Waals surface area contributed by atoms with Crippen LogP contribution in [0.3, 0.4) is 0 Å². The van der Waals surface area contributed by atoms with E-state index in [0.29, 0.717) is 22.5 Å². The highest BCUT2D eigenvalue weighted by Gasteiger charge is 2.14. The Labute approximate surface area is 127 Å². The summed E-state index contributed by atoms with van der Waals surface area (Å²) < 4.78 is 5.60. The van der Waals surface area contributed by atoms with E-state index in [9.17, 15) is 0 Å². The van der Waals surface area contributed by atoms with E-state index < -0.39 is 0 Å². The summed E-state index contributed by atoms with van der Waals surface area (Å²) in [5.74, 6) is 0.650. The number of aliphatic imine (C=N–C) groups is 1. The first-order valence-electron chi connectivity index (χ1n) is 6.15. The van der Waals surface area contributed by atoms with E-state index in [2.05, 4.69) is 4.99 Å². The lowest BCUT2D eigenvalue weighted by Gasteiger charge is -1.99. The normalized spacial score (nSPS) is 16.1. The van der Waals surface area contributed by atoms with Crippen molar-refractivity contribution in [1.82, 2.24) is 0 Å². The molecule has 0 atom stereocenters. The molecule has 0 fully saturated rings. The SMILES string of the molecule is Clc1ccc(C=C2COC(c3ccccc3)=N2)cc1Cl. The third-order valence-corrected chi connectivity index (χ3v) is 3.64. The Balaban J connectivity index is 1.87. The third kappa shape index (κ3) is 2.87. The van der Waals surface area contributed by atoms with Crippen molar-refractivity contribution in [2.75, 3.05) is 6.61 Å². The molecule has 0 unspecified atom stereocenters. The molecular weight excluding hydrogens is 293 g/mol. The van der Waals surface area contributed by atoms with Gasteiger partial charge in [-0.05, 0) is 35.9 Å². The Morgan fingerprint density at radius 3 is 2.55 bits per heavy atom. The fourth-order valence-electron chi connectivity index (χ4n) is 1.93. The van der Waals surface area contributed by atoms with Gasteiger partial charge in [-0.2, -0.15) is 0 Å². The van der Waals surface area contributed by atoms with Crippen LogP contribution < -0.4 is 0 Å². The second-order valence-electron chi connectivity index (χ2n) is 4.38. The smallest absolute Gasteiger partial charge is 0.221 e. The van der Waals surface area contributed by atoms with Gasteiger partial charge in [0.25, 0.3) is 0 Å². The molecule has 1 aliphatic heterocycles. The molecule has 0 amide bonds. The molecule has 4 heteroatoms. The zero-order valence-corrected chi connectivity index (χ0v) is 12.0. The Hall–Kier alpha value is -1.77. The maximum atomic E-state index is 6.00. The molecule has 3 rings (SSSR count). The summed E-state index contributed by atoms with van der Waals surface area (Å²) in [4.78, 5) is 4.49. The zero-order valence-electron chi connectivity index (χ0n) is 10.5. The van der Waals surface area contributed by atoms with E-state index in [0.717, 1.165) is 16.8 Å². The number of rotatable bonds is 2. The van der Waals surface area contributed by atoms with Crippen molar-refractivity contribution < 1.29 is 4.74 Å². The van der Waals surface area contributed by atoms with Crippen LogP contribution in [0.15, 0.2) is 59.2 Å². The number of benzene rings is 2. The van der Waals surface area contributed by atoms with Crippen LogP contribution in [0.2, 0.25) is 10.0 Å². The van der Waals surface area contributed by atoms with Gasteiger partial charge in [-0.3, -0.25) is 0 Å². The van der Waals surface area contributed by atoms with Crippen LogP contribution in [-0.4, -0.2) is 12.5 Å². The molecule has 0 aromatic heterocycles. The predicted molar refractivity (Wildman–Crippen MR) is 83.4 cm³/mol. The minimum Gasteiger partial charge on any atom is -0.471 e. The molecular formula is C16H11Cl2NO. The van der Waals surface area contributed by atoms with Crippen molar-refractivity contribution in [1.29, 1.82) is 0 Å². The lowest BCUT2D eigenvalue weighted by atomic mass is 10.2. The summed E-state index contributed by atoms with van der Waals surface area (Å²) >= 11 is 11.9. The first-order valence-corrected chi connectivity index (χ1v) is 6.90. The molecule has 0 bridgehead atoms. The van der Waals surface area contributed by atoms with E-state index in [1.54, 1.807) is 6.07 Å². The van der Waals surface area contributed by atoms with Crippen molar-refractivity contribution in [3.05, 3.63) is 75.4 Å². The van der Waals surface area contributed by atoms with Gasteiger partial charge in [0.2, 0.25) is 5.90 Å². The summed E-state index contributed by atoms with van der Waals surface area (Å²) in [6.07, 6.45) is 1.94. The average molecular weight is 304 g/mol. The summed E-state index contributed by atoms with van der Waals surface area (Å²) in [7, 11) is 0. The fraction of sp³-hybridized carbons (Fsp3) is 0.0625. The summed E-state index contributed by atoms with van der Waals surface area (Å²) in [6, 6.07) is 15.3. The highest BCUT2D eigenvalue weighted by molar-refractivity contribution is 6.42. The van der Waals surface area contributed by atoms with Crippen LogP contribution in [0, 0.1) is 0 Å². The van der Waals surface area contributed by atoms with E-state index in [-0.39, 0.29) is 0 Å². The van der Waals surface area contributed by atoms with Crippen LogP contribution in [0.4, 0.5) is 0 Å². The number of hydrogen-bond acceptors (Lipinski definition) is 2. The molecule has 0 saturated carbocycles. The van der Waals surface area contributed by atoms with Gasteiger partial charge in [0.15, 0.2) is 0 Å². The van der Waals surface area contributed by atoms with Gasteiger partial charge in [0.1, 0.15) is 6.61 Å². The summed E-state index contributed by atoms with van der Waals surface area (Å²) in [6.45, 7) is 0.463. The Bertz CT molecular complexity index is 693. The Morgan fingerprint density at radius 1 is 1.00 bits per heavy atom. The molecule has 2 aromatic rings. The highest BCUT2D eigenvalue weighted by Crippen LogP contribution is 2.25. The Kier molecular flexibility index (Phi) is 3.77. The Morgan fingerprint density at radius 2 is 1.80 bits per heavy atom. The van der Waals surface area contributed by atoms with Crippen LogP contribution in [0.25, 0.3) is 6.08 Å². The minimum absolute atomic E-state index is 0.463. The lowest BCUT2D eigenvalue weighted by Crippen LogP contribution is -1.99. The van der Waals surface area contributed by atoms with Gasteiger partial charge >= 0.3 is 0 Å². The van der Waals surface area contributed by atoms with Crippen LogP contribution >= 0.6 is 23.2 Å². The van der Waals surface area contributed by atoms with Crippen molar-refractivity contribution in [2.45, 2.75) is 0 Å².